The molecule has 0 radical (unpaired) electrons. The molecule has 0 unspecified atom stereocenters. The predicted molar refractivity (Wildman–Crippen MR) is 159 cm³/mol. The molecule has 0 spiro atoms. The first-order valence-corrected chi connectivity index (χ1v) is 14.1. The molecule has 4 rings (SSSR count). The number of imide groups is 1. The van der Waals surface area contributed by atoms with Crippen LogP contribution in [0.1, 0.15) is 30.0 Å². The predicted octanol–water partition coefficient (Wildman–Crippen LogP) is 4.88. The Morgan fingerprint density at radius 1 is 1.02 bits per heavy atom. The number of nitrogens with one attached hydrogen (secondary N) is 2. The molecule has 0 aromatic heterocycles. The molecule has 4 amide bonds. The molecule has 41 heavy (non-hydrogen) atoms. The fourth-order valence-electron chi connectivity index (χ4n) is 4.51. The van der Waals surface area contributed by atoms with Crippen LogP contribution in [0.15, 0.2) is 72.8 Å². The third-order valence-corrected chi connectivity index (χ3v) is 7.32. The molecular formula is C30H31FIN3O6. The van der Waals surface area contributed by atoms with E-state index >= 15 is 0 Å². The first-order chi connectivity index (χ1) is 19.8. The Morgan fingerprint density at radius 2 is 1.73 bits per heavy atom. The van der Waals surface area contributed by atoms with Crippen molar-refractivity contribution < 1.29 is 33.0 Å². The van der Waals surface area contributed by atoms with E-state index < -0.39 is 41.7 Å². The molecule has 3 aromatic carbocycles. The van der Waals surface area contributed by atoms with Crippen LogP contribution in [0.5, 0.6) is 5.75 Å². The summed E-state index contributed by atoms with van der Waals surface area (Å²) in [6.07, 6.45) is 0. The molecule has 1 saturated heterocycles. The van der Waals surface area contributed by atoms with Crippen LogP contribution >= 0.6 is 22.6 Å². The summed E-state index contributed by atoms with van der Waals surface area (Å²) in [4.78, 5) is 41.5. The smallest absolute Gasteiger partial charge is 0.325 e. The summed E-state index contributed by atoms with van der Waals surface area (Å²) in [5, 5.41) is 5.27. The van der Waals surface area contributed by atoms with Crippen molar-refractivity contribution >= 4 is 46.1 Å². The maximum absolute atomic E-state index is 14.6. The van der Waals surface area contributed by atoms with Crippen molar-refractivity contribution in [1.82, 2.24) is 10.2 Å². The van der Waals surface area contributed by atoms with Gasteiger partial charge in [0.15, 0.2) is 0 Å². The molecule has 3 atom stereocenters. The monoisotopic (exact) mass is 675 g/mol. The second kappa shape index (κ2) is 14.4. The zero-order valence-corrected chi connectivity index (χ0v) is 24.8. The van der Waals surface area contributed by atoms with Crippen molar-refractivity contribution in [3.63, 3.8) is 0 Å². The van der Waals surface area contributed by atoms with Crippen molar-refractivity contribution in [3.8, 4) is 5.75 Å². The number of benzene rings is 3. The molecule has 0 aliphatic carbocycles. The number of halogens is 2. The number of rotatable bonds is 13. The van der Waals surface area contributed by atoms with E-state index in [9.17, 15) is 18.8 Å². The highest BCUT2D eigenvalue weighted by atomic mass is 127. The van der Waals surface area contributed by atoms with Crippen LogP contribution in [0.4, 0.5) is 14.9 Å². The summed E-state index contributed by atoms with van der Waals surface area (Å²) in [5.41, 5.74) is 1.24. The van der Waals surface area contributed by atoms with Gasteiger partial charge < -0.3 is 24.8 Å². The summed E-state index contributed by atoms with van der Waals surface area (Å²) in [6, 6.07) is 17.3. The number of anilines is 1. The van der Waals surface area contributed by atoms with Crippen LogP contribution in [0.2, 0.25) is 0 Å². The van der Waals surface area contributed by atoms with Gasteiger partial charge in [0.25, 0.3) is 5.91 Å². The Labute approximate surface area is 251 Å². The van der Waals surface area contributed by atoms with Crippen LogP contribution < -0.4 is 15.4 Å². The van der Waals surface area contributed by atoms with Crippen LogP contribution in [0.3, 0.4) is 0 Å². The highest BCUT2D eigenvalue weighted by molar-refractivity contribution is 14.1. The maximum Gasteiger partial charge on any atom is 0.325 e. The summed E-state index contributed by atoms with van der Waals surface area (Å²) in [6.45, 7) is 3.46. The van der Waals surface area contributed by atoms with Gasteiger partial charge in [-0.1, -0.05) is 49.4 Å². The van der Waals surface area contributed by atoms with E-state index in [1.165, 1.54) is 12.1 Å². The molecule has 0 saturated carbocycles. The first-order valence-electron chi connectivity index (χ1n) is 13.0. The summed E-state index contributed by atoms with van der Waals surface area (Å²) < 4.78 is 31.2. The summed E-state index contributed by atoms with van der Waals surface area (Å²) in [5.74, 6) is -1.88. The molecule has 1 aliphatic heterocycles. The molecule has 11 heteroatoms. The summed E-state index contributed by atoms with van der Waals surface area (Å²) >= 11 is 1.97. The van der Waals surface area contributed by atoms with E-state index in [0.29, 0.717) is 41.3 Å². The molecule has 216 valence electrons. The van der Waals surface area contributed by atoms with Crippen LogP contribution in [-0.2, 0) is 19.1 Å². The van der Waals surface area contributed by atoms with E-state index in [-0.39, 0.29) is 5.69 Å². The minimum Gasteiger partial charge on any atom is -0.491 e. The largest absolute Gasteiger partial charge is 0.491 e. The number of methoxy groups -OCH3 is 1. The standard InChI is InChI=1S/C30H31FIN3O6/c1-19(20-6-4-3-5-7-20)27(28(36)33-25-13-10-22(32)18-24(25)31)35-29(37)26(34-30(35)38)21-8-11-23(12-9-21)41-17-16-40-15-14-39-2/h3-13,18-19,26-27H,14-17H2,1-2H3,(H,33,36)(H,34,38)/t19-,26+,27-/m0/s1. The average molecular weight is 675 g/mol. The molecular weight excluding hydrogens is 644 g/mol. The lowest BCUT2D eigenvalue weighted by atomic mass is 9.91. The molecule has 2 N–H and O–H groups in total. The van der Waals surface area contributed by atoms with Crippen molar-refractivity contribution in [2.24, 2.45) is 0 Å². The van der Waals surface area contributed by atoms with E-state index in [4.69, 9.17) is 14.2 Å². The lowest BCUT2D eigenvalue weighted by Crippen LogP contribution is -2.50. The zero-order chi connectivity index (χ0) is 29.4. The fourth-order valence-corrected chi connectivity index (χ4v) is 4.96. The topological polar surface area (TPSA) is 106 Å². The normalized spacial score (nSPS) is 16.3. The van der Waals surface area contributed by atoms with Crippen LogP contribution in [0.25, 0.3) is 0 Å². The lowest BCUT2D eigenvalue weighted by molar-refractivity contribution is -0.134. The van der Waals surface area contributed by atoms with E-state index in [1.54, 1.807) is 44.4 Å². The number of nitrogens with zero attached hydrogens (tertiary/aromatic N) is 1. The Bertz CT molecular complexity index is 1360. The number of urea groups is 1. The van der Waals surface area contributed by atoms with Gasteiger partial charge in [-0.3, -0.25) is 9.59 Å². The molecule has 1 aliphatic rings. The third-order valence-electron chi connectivity index (χ3n) is 6.65. The van der Waals surface area contributed by atoms with Gasteiger partial charge >= 0.3 is 6.03 Å². The SMILES string of the molecule is COCCOCCOc1ccc([C@H]2NC(=O)N([C@H](C(=O)Nc3ccc(I)cc3F)[C@@H](C)c3ccccc3)C2=O)cc1. The van der Waals surface area contributed by atoms with Gasteiger partial charge in [-0.15, -0.1) is 0 Å². The van der Waals surface area contributed by atoms with Crippen LogP contribution in [0, 0.1) is 9.39 Å². The number of carbonyl (C=O) groups is 3. The van der Waals surface area contributed by atoms with Crippen molar-refractivity contribution in [1.29, 1.82) is 0 Å². The van der Waals surface area contributed by atoms with Gasteiger partial charge in [0.2, 0.25) is 5.91 Å². The maximum atomic E-state index is 14.6. The summed E-state index contributed by atoms with van der Waals surface area (Å²) in [7, 11) is 1.60. The quantitative estimate of drug-likeness (QED) is 0.152. The number of hydrogen-bond acceptors (Lipinski definition) is 6. The van der Waals surface area contributed by atoms with Crippen molar-refractivity contribution in [3.05, 3.63) is 93.3 Å². The van der Waals surface area contributed by atoms with E-state index in [2.05, 4.69) is 10.6 Å². The molecule has 3 aromatic rings. The number of hydrogen-bond donors (Lipinski definition) is 2. The Kier molecular flexibility index (Phi) is 10.7. The Hall–Kier alpha value is -3.55. The van der Waals surface area contributed by atoms with Crippen molar-refractivity contribution in [2.45, 2.75) is 24.9 Å². The van der Waals surface area contributed by atoms with Crippen molar-refractivity contribution in [2.75, 3.05) is 38.9 Å². The van der Waals surface area contributed by atoms with Gasteiger partial charge in [-0.05, 0) is 64.0 Å². The number of amides is 4. The Balaban J connectivity index is 1.52. The minimum atomic E-state index is -1.24. The number of ether oxygens (including phenoxy) is 3. The van der Waals surface area contributed by atoms with Gasteiger partial charge in [0.1, 0.15) is 30.3 Å². The minimum absolute atomic E-state index is 0.0380. The second-order valence-corrected chi connectivity index (χ2v) is 10.6. The highest BCUT2D eigenvalue weighted by Gasteiger charge is 2.47. The lowest BCUT2D eigenvalue weighted by Gasteiger charge is -2.30. The van der Waals surface area contributed by atoms with Gasteiger partial charge in [-0.25, -0.2) is 14.1 Å². The van der Waals surface area contributed by atoms with Gasteiger partial charge in [0.05, 0.1) is 25.5 Å². The highest BCUT2D eigenvalue weighted by Crippen LogP contribution is 2.32. The average Bonchev–Trinajstić information content (AvgIpc) is 3.26. The third kappa shape index (κ3) is 7.60. The fraction of sp³-hybridized carbons (Fsp3) is 0.300. The van der Waals surface area contributed by atoms with E-state index in [1.807, 2.05) is 52.9 Å². The molecule has 0 bridgehead atoms. The van der Waals surface area contributed by atoms with Gasteiger partial charge in [0, 0.05) is 16.6 Å². The number of carbonyl (C=O) groups excluding carboxylic acids is 3. The van der Waals surface area contributed by atoms with E-state index in [0.717, 1.165) is 10.5 Å². The second-order valence-electron chi connectivity index (χ2n) is 9.37. The van der Waals surface area contributed by atoms with Crippen LogP contribution in [-0.4, -0.2) is 62.3 Å². The zero-order valence-electron chi connectivity index (χ0n) is 22.6. The molecule has 1 heterocycles. The molecule has 9 nitrogen and oxygen atoms in total. The first kappa shape index (κ1) is 30.4. The molecule has 1 fully saturated rings. The Morgan fingerprint density at radius 3 is 2.41 bits per heavy atom. The van der Waals surface area contributed by atoms with Gasteiger partial charge in [-0.2, -0.15) is 0 Å².